The van der Waals surface area contributed by atoms with Crippen molar-refractivity contribution in [2.24, 2.45) is 0 Å². The van der Waals surface area contributed by atoms with E-state index >= 15 is 0 Å². The van der Waals surface area contributed by atoms with Crippen LogP contribution in [0.25, 0.3) is 0 Å². The van der Waals surface area contributed by atoms with E-state index in [9.17, 15) is 0 Å². The van der Waals surface area contributed by atoms with Gasteiger partial charge in [0.15, 0.2) is 0 Å². The Labute approximate surface area is 103 Å². The third kappa shape index (κ3) is 3.20. The summed E-state index contributed by atoms with van der Waals surface area (Å²) >= 11 is 0. The first-order valence-electron chi connectivity index (χ1n) is 6.18. The zero-order chi connectivity index (χ0) is 12.3. The lowest BCUT2D eigenvalue weighted by molar-refractivity contribution is 0.113. The fourth-order valence-electron chi connectivity index (χ4n) is 2.09. The minimum Gasteiger partial charge on any atom is -0.488 e. The highest BCUT2D eigenvalue weighted by atomic mass is 16.5. The van der Waals surface area contributed by atoms with Crippen LogP contribution in [0.5, 0.6) is 5.75 Å². The van der Waals surface area contributed by atoms with Crippen LogP contribution in [-0.4, -0.2) is 32.4 Å². The van der Waals surface area contributed by atoms with Crippen LogP contribution < -0.4 is 10.1 Å². The van der Waals surface area contributed by atoms with Crippen molar-refractivity contribution in [3.63, 3.8) is 0 Å². The third-order valence-corrected chi connectivity index (χ3v) is 3.16. The molecule has 0 amide bonds. The Balaban J connectivity index is 1.80. The van der Waals surface area contributed by atoms with Gasteiger partial charge in [-0.05, 0) is 25.5 Å². The van der Waals surface area contributed by atoms with Crippen LogP contribution in [0.2, 0.25) is 0 Å². The summed E-state index contributed by atoms with van der Waals surface area (Å²) in [5.41, 5.74) is 2.63. The molecule has 0 spiro atoms. The van der Waals surface area contributed by atoms with Crippen LogP contribution in [0.4, 0.5) is 0 Å². The zero-order valence-corrected chi connectivity index (χ0v) is 10.8. The fourth-order valence-corrected chi connectivity index (χ4v) is 2.09. The van der Waals surface area contributed by atoms with Gasteiger partial charge >= 0.3 is 0 Å². The van der Waals surface area contributed by atoms with E-state index in [-0.39, 0.29) is 12.2 Å². The van der Waals surface area contributed by atoms with Crippen molar-refractivity contribution >= 4 is 0 Å². The first-order valence-corrected chi connectivity index (χ1v) is 6.18. The maximum atomic E-state index is 5.87. The van der Waals surface area contributed by atoms with Gasteiger partial charge in [0.25, 0.3) is 0 Å². The minimum absolute atomic E-state index is 0.251. The highest BCUT2D eigenvalue weighted by Gasteiger charge is 2.22. The summed E-state index contributed by atoms with van der Waals surface area (Å²) in [4.78, 5) is 0. The van der Waals surface area contributed by atoms with Crippen molar-refractivity contribution < 1.29 is 9.47 Å². The number of ether oxygens (including phenoxy) is 2. The van der Waals surface area contributed by atoms with E-state index in [1.54, 1.807) is 7.11 Å². The first-order chi connectivity index (χ1) is 8.19. The van der Waals surface area contributed by atoms with Gasteiger partial charge < -0.3 is 14.8 Å². The number of rotatable bonds is 5. The average Bonchev–Trinajstić information content (AvgIpc) is 2.70. The summed E-state index contributed by atoms with van der Waals surface area (Å²) in [5.74, 6) is 1.04. The lowest BCUT2D eigenvalue weighted by Gasteiger charge is -2.14. The van der Waals surface area contributed by atoms with E-state index < -0.39 is 0 Å². The molecule has 0 saturated heterocycles. The Morgan fingerprint density at radius 1 is 1.53 bits per heavy atom. The smallest absolute Gasteiger partial charge is 0.123 e. The van der Waals surface area contributed by atoms with Crippen molar-refractivity contribution in [2.75, 3.05) is 20.2 Å². The number of hydrogen-bond donors (Lipinski definition) is 1. The zero-order valence-electron chi connectivity index (χ0n) is 10.8. The topological polar surface area (TPSA) is 30.5 Å². The van der Waals surface area contributed by atoms with E-state index in [2.05, 4.69) is 37.4 Å². The van der Waals surface area contributed by atoms with Gasteiger partial charge in [0.1, 0.15) is 11.9 Å². The molecule has 0 fully saturated rings. The Morgan fingerprint density at radius 2 is 2.35 bits per heavy atom. The Kier molecular flexibility index (Phi) is 4.02. The van der Waals surface area contributed by atoms with Crippen LogP contribution in [0.1, 0.15) is 18.1 Å². The predicted molar refractivity (Wildman–Crippen MR) is 68.6 cm³/mol. The standard InChI is InChI=1S/C14H21NO2/c1-10-4-5-14-12(6-10)7-13(17-14)9-15-8-11(2)16-3/h4-6,11,13,15H,7-9H2,1-3H3. The Hall–Kier alpha value is -1.06. The summed E-state index contributed by atoms with van der Waals surface area (Å²) in [6, 6.07) is 6.39. The molecule has 0 saturated carbocycles. The SMILES string of the molecule is COC(C)CNCC1Cc2cc(C)ccc2O1. The predicted octanol–water partition coefficient (Wildman–Crippen LogP) is 1.92. The molecule has 0 bridgehead atoms. The van der Waals surface area contributed by atoms with E-state index in [1.165, 1.54) is 11.1 Å². The van der Waals surface area contributed by atoms with Gasteiger partial charge in [0.2, 0.25) is 0 Å². The van der Waals surface area contributed by atoms with Gasteiger partial charge in [0, 0.05) is 26.6 Å². The lowest BCUT2D eigenvalue weighted by Crippen LogP contribution is -2.34. The molecule has 0 radical (unpaired) electrons. The highest BCUT2D eigenvalue weighted by Crippen LogP contribution is 2.29. The van der Waals surface area contributed by atoms with Gasteiger partial charge in [-0.2, -0.15) is 0 Å². The summed E-state index contributed by atoms with van der Waals surface area (Å²) in [6.45, 7) is 5.92. The molecule has 2 atom stereocenters. The van der Waals surface area contributed by atoms with Gasteiger partial charge in [-0.3, -0.25) is 0 Å². The normalized spacial score (nSPS) is 19.8. The van der Waals surface area contributed by atoms with Crippen LogP contribution in [0.3, 0.4) is 0 Å². The van der Waals surface area contributed by atoms with Crippen molar-refractivity contribution in [3.8, 4) is 5.75 Å². The number of fused-ring (bicyclic) bond motifs is 1. The minimum atomic E-state index is 0.251. The van der Waals surface area contributed by atoms with E-state index in [0.717, 1.165) is 25.3 Å². The second-order valence-corrected chi connectivity index (χ2v) is 4.76. The second kappa shape index (κ2) is 5.52. The molecule has 0 aromatic heterocycles. The molecule has 1 aliphatic heterocycles. The molecule has 1 N–H and O–H groups in total. The lowest BCUT2D eigenvalue weighted by atomic mass is 10.1. The largest absolute Gasteiger partial charge is 0.488 e. The maximum absolute atomic E-state index is 5.87. The monoisotopic (exact) mass is 235 g/mol. The highest BCUT2D eigenvalue weighted by molar-refractivity contribution is 5.40. The summed E-state index contributed by atoms with van der Waals surface area (Å²) in [6.07, 6.45) is 1.52. The fraction of sp³-hybridized carbons (Fsp3) is 0.571. The van der Waals surface area contributed by atoms with E-state index in [1.807, 2.05) is 0 Å². The van der Waals surface area contributed by atoms with Gasteiger partial charge in [-0.15, -0.1) is 0 Å². The van der Waals surface area contributed by atoms with E-state index in [0.29, 0.717) is 0 Å². The maximum Gasteiger partial charge on any atom is 0.123 e. The van der Waals surface area contributed by atoms with Crippen molar-refractivity contribution in [2.45, 2.75) is 32.5 Å². The number of benzene rings is 1. The quantitative estimate of drug-likeness (QED) is 0.846. The van der Waals surface area contributed by atoms with E-state index in [4.69, 9.17) is 9.47 Å². The molecule has 1 aromatic carbocycles. The van der Waals surface area contributed by atoms with Crippen LogP contribution in [0.15, 0.2) is 18.2 Å². The van der Waals surface area contributed by atoms with Gasteiger partial charge in [-0.1, -0.05) is 17.7 Å². The van der Waals surface area contributed by atoms with Crippen molar-refractivity contribution in [1.82, 2.24) is 5.32 Å². The van der Waals surface area contributed by atoms with Crippen molar-refractivity contribution in [3.05, 3.63) is 29.3 Å². The Bertz CT molecular complexity index is 378. The molecule has 3 nitrogen and oxygen atoms in total. The van der Waals surface area contributed by atoms with Crippen LogP contribution >= 0.6 is 0 Å². The molecule has 3 heteroatoms. The number of nitrogens with one attached hydrogen (secondary N) is 1. The summed E-state index contributed by atoms with van der Waals surface area (Å²) in [7, 11) is 1.73. The molecular formula is C14H21NO2. The van der Waals surface area contributed by atoms with Gasteiger partial charge in [0.05, 0.1) is 6.10 Å². The summed E-state index contributed by atoms with van der Waals surface area (Å²) < 4.78 is 11.1. The van der Waals surface area contributed by atoms with Gasteiger partial charge in [-0.25, -0.2) is 0 Å². The van der Waals surface area contributed by atoms with Crippen LogP contribution in [0, 0.1) is 6.92 Å². The third-order valence-electron chi connectivity index (χ3n) is 3.16. The van der Waals surface area contributed by atoms with Crippen LogP contribution in [-0.2, 0) is 11.2 Å². The molecule has 1 aliphatic rings. The number of hydrogen-bond acceptors (Lipinski definition) is 3. The molecule has 2 unspecified atom stereocenters. The molecule has 2 rings (SSSR count). The Morgan fingerprint density at radius 3 is 3.12 bits per heavy atom. The average molecular weight is 235 g/mol. The summed E-state index contributed by atoms with van der Waals surface area (Å²) in [5, 5.41) is 3.38. The number of methoxy groups -OCH3 is 1. The number of aryl methyl sites for hydroxylation is 1. The molecule has 0 aliphatic carbocycles. The molecule has 1 heterocycles. The second-order valence-electron chi connectivity index (χ2n) is 4.76. The molecular weight excluding hydrogens is 214 g/mol. The molecule has 1 aromatic rings. The molecule has 94 valence electrons. The first kappa shape index (κ1) is 12.4. The van der Waals surface area contributed by atoms with Crippen molar-refractivity contribution in [1.29, 1.82) is 0 Å². The molecule has 17 heavy (non-hydrogen) atoms.